The van der Waals surface area contributed by atoms with Gasteiger partial charge in [-0.2, -0.15) is 0 Å². The first-order valence-electron chi connectivity index (χ1n) is 19.8. The van der Waals surface area contributed by atoms with Gasteiger partial charge in [0.2, 0.25) is 21.8 Å². The molecule has 3 fully saturated rings. The predicted octanol–water partition coefficient (Wildman–Crippen LogP) is 5.27. The number of nitrogens with one attached hydrogen (secondary N) is 3. The van der Waals surface area contributed by atoms with E-state index in [1.807, 2.05) is 60.7 Å². The van der Waals surface area contributed by atoms with Crippen LogP contribution in [-0.2, 0) is 29.1 Å². The van der Waals surface area contributed by atoms with Crippen molar-refractivity contribution in [3.8, 4) is 22.8 Å². The molecule has 2 saturated carbocycles. The second kappa shape index (κ2) is 16.1. The topological polar surface area (TPSA) is 182 Å². The smallest absolute Gasteiger partial charge is 0.407 e. The molecule has 0 spiro atoms. The summed E-state index contributed by atoms with van der Waals surface area (Å²) < 4.78 is 46.0. The molecule has 4 amide bonds. The van der Waals surface area contributed by atoms with Gasteiger partial charge < -0.3 is 29.7 Å². The zero-order valence-electron chi connectivity index (χ0n) is 33.3. The lowest BCUT2D eigenvalue weighted by Gasteiger charge is -2.35. The molecule has 7 rings (SSSR count). The van der Waals surface area contributed by atoms with Crippen molar-refractivity contribution >= 4 is 50.8 Å². The van der Waals surface area contributed by atoms with Crippen LogP contribution in [0.15, 0.2) is 67.3 Å². The highest BCUT2D eigenvalue weighted by atomic mass is 32.2. The number of amides is 4. The monoisotopic (exact) mass is 813 g/mol. The van der Waals surface area contributed by atoms with Crippen LogP contribution in [0.4, 0.5) is 4.79 Å². The number of allylic oxidation sites excluding steroid dienone is 2. The number of fused-ring (bicyclic) bond motifs is 3. The molecule has 3 N–H and O–H groups in total. The lowest BCUT2D eigenvalue weighted by molar-refractivity contribution is -0.142. The van der Waals surface area contributed by atoms with Gasteiger partial charge in [0.05, 0.1) is 36.7 Å². The Morgan fingerprint density at radius 2 is 1.90 bits per heavy atom. The number of hydrogen-bond donors (Lipinski definition) is 3. The van der Waals surface area contributed by atoms with Gasteiger partial charge in [0.1, 0.15) is 35.2 Å². The Balaban J connectivity index is 1.29. The first-order valence-corrected chi connectivity index (χ1v) is 21.3. The quantitative estimate of drug-likeness (QED) is 0.241. The first-order chi connectivity index (χ1) is 27.6. The number of sulfonamides is 1. The number of aromatic nitrogens is 1. The van der Waals surface area contributed by atoms with Crippen LogP contribution in [0.5, 0.6) is 11.5 Å². The Bertz CT molecular complexity index is 2250. The summed E-state index contributed by atoms with van der Waals surface area (Å²) in [6.07, 6.45) is 6.62. The van der Waals surface area contributed by atoms with Crippen molar-refractivity contribution in [2.75, 3.05) is 20.3 Å². The number of nitrogens with zero attached hydrogens (tertiary/aromatic N) is 2. The lowest BCUT2D eigenvalue weighted by atomic mass is 9.85. The molecule has 4 bridgehead atoms. The standard InChI is InChI=1S/C43H51N5O9S/c1-6-13-28-24-43(28,40(51)47-58(53,54)30-17-18-30)46-38(49)34-21-29-25-48(34)39(50)37(42(2,3)4)45-41(52)56-19-12-8-11-16-27-20-31-33(23-35(27)55-5)44-32(22-36(31)57-29)26-14-9-7-10-15-26/h6-7,9-11,14-16,20,22-23,28-30,34,37H,1,8,12-13,17-19,21,24-25H2,2-5H3,(H,45,52)(H,46,49)(H,47,51)/b16-11+/t28-,29+,34-,37+,43+/m0/s1. The van der Waals surface area contributed by atoms with Crippen LogP contribution in [0.2, 0.25) is 0 Å². The summed E-state index contributed by atoms with van der Waals surface area (Å²) in [6, 6.07) is 13.0. The van der Waals surface area contributed by atoms with E-state index >= 15 is 0 Å². The number of methoxy groups -OCH3 is 1. The molecule has 58 heavy (non-hydrogen) atoms. The van der Waals surface area contributed by atoms with E-state index in [2.05, 4.69) is 21.9 Å². The van der Waals surface area contributed by atoms with Gasteiger partial charge in [-0.1, -0.05) is 69.3 Å². The molecule has 0 radical (unpaired) electrons. The second-order valence-electron chi connectivity index (χ2n) is 16.7. The minimum Gasteiger partial charge on any atom is -0.496 e. The molecule has 3 heterocycles. The van der Waals surface area contributed by atoms with Gasteiger partial charge in [0.15, 0.2) is 0 Å². The highest BCUT2D eigenvalue weighted by Gasteiger charge is 2.62. The third kappa shape index (κ3) is 8.54. The summed E-state index contributed by atoms with van der Waals surface area (Å²) in [4.78, 5) is 62.5. The Hall–Kier alpha value is -5.44. The summed E-state index contributed by atoms with van der Waals surface area (Å²) >= 11 is 0. The number of benzene rings is 2. The van der Waals surface area contributed by atoms with E-state index in [1.54, 1.807) is 34.0 Å². The molecule has 308 valence electrons. The minimum absolute atomic E-state index is 0.0243. The molecular weight excluding hydrogens is 763 g/mol. The van der Waals surface area contributed by atoms with Crippen molar-refractivity contribution in [2.45, 2.75) is 94.7 Å². The molecule has 2 aromatic carbocycles. The molecule has 4 aliphatic rings. The van der Waals surface area contributed by atoms with Crippen LogP contribution in [-0.4, -0.2) is 91.4 Å². The van der Waals surface area contributed by atoms with Crippen LogP contribution < -0.4 is 24.8 Å². The molecule has 14 nitrogen and oxygen atoms in total. The number of carbonyl (C=O) groups excluding carboxylic acids is 4. The molecule has 0 unspecified atom stereocenters. The Labute approximate surface area is 338 Å². The summed E-state index contributed by atoms with van der Waals surface area (Å²) in [7, 11) is -2.33. The number of hydrogen-bond acceptors (Lipinski definition) is 10. The third-order valence-corrected chi connectivity index (χ3v) is 13.1. The van der Waals surface area contributed by atoms with Crippen molar-refractivity contribution in [2.24, 2.45) is 11.3 Å². The maximum absolute atomic E-state index is 14.7. The predicted molar refractivity (Wildman–Crippen MR) is 218 cm³/mol. The van der Waals surface area contributed by atoms with Crippen LogP contribution in [0.25, 0.3) is 28.2 Å². The molecule has 15 heteroatoms. The molecule has 1 aromatic heterocycles. The number of pyridine rings is 1. The van der Waals surface area contributed by atoms with Gasteiger partial charge in [-0.25, -0.2) is 18.2 Å². The van der Waals surface area contributed by atoms with Crippen LogP contribution in [0, 0.1) is 11.3 Å². The van der Waals surface area contributed by atoms with Crippen molar-refractivity contribution in [1.82, 2.24) is 25.2 Å². The van der Waals surface area contributed by atoms with Gasteiger partial charge in [-0.15, -0.1) is 6.58 Å². The number of alkyl carbamates (subject to hydrolysis) is 1. The number of ether oxygens (including phenoxy) is 3. The zero-order chi connectivity index (χ0) is 41.4. The van der Waals surface area contributed by atoms with E-state index < -0.39 is 74.1 Å². The number of carbonyl (C=O) groups is 4. The van der Waals surface area contributed by atoms with E-state index in [-0.39, 0.29) is 26.0 Å². The normalized spacial score (nSPS) is 25.7. The van der Waals surface area contributed by atoms with Gasteiger partial charge >= 0.3 is 6.09 Å². The number of cyclic esters (lactones) is 1. The molecule has 1 saturated heterocycles. The van der Waals surface area contributed by atoms with Crippen LogP contribution in [0.3, 0.4) is 0 Å². The van der Waals surface area contributed by atoms with Gasteiger partial charge in [-0.3, -0.25) is 19.1 Å². The van der Waals surface area contributed by atoms with Gasteiger partial charge in [-0.05, 0) is 55.9 Å². The molecule has 3 aromatic rings. The maximum atomic E-state index is 14.7. The average Bonchev–Trinajstić information content (AvgIpc) is 4.11. The summed E-state index contributed by atoms with van der Waals surface area (Å²) in [5, 5.41) is 5.67. The lowest BCUT2D eigenvalue weighted by Crippen LogP contribution is -2.60. The number of rotatable bonds is 9. The fourth-order valence-electron chi connectivity index (χ4n) is 7.79. The summed E-state index contributed by atoms with van der Waals surface area (Å²) in [6.45, 7) is 9.25. The Morgan fingerprint density at radius 1 is 1.14 bits per heavy atom. The van der Waals surface area contributed by atoms with E-state index in [4.69, 9.17) is 19.2 Å². The summed E-state index contributed by atoms with van der Waals surface area (Å²) in [5.74, 6) is -1.32. The van der Waals surface area contributed by atoms with Crippen LogP contribution in [0.1, 0.15) is 71.3 Å². The summed E-state index contributed by atoms with van der Waals surface area (Å²) in [5.41, 5.74) is 0.540. The van der Waals surface area contributed by atoms with E-state index in [9.17, 15) is 27.6 Å². The van der Waals surface area contributed by atoms with Crippen molar-refractivity contribution in [1.29, 1.82) is 0 Å². The average molecular weight is 814 g/mol. The highest BCUT2D eigenvalue weighted by molar-refractivity contribution is 7.91. The zero-order valence-corrected chi connectivity index (χ0v) is 34.1. The van der Waals surface area contributed by atoms with Gasteiger partial charge in [0, 0.05) is 35.1 Å². The largest absolute Gasteiger partial charge is 0.496 e. The SMILES string of the molecule is C=CC[C@H]1C[C@]1(NC(=O)[C@@H]1C[C@@H]2CN1C(=O)[C@H](C(C)(C)C)NC(=O)OCCC/C=C/c1cc3c(cc(-c4ccccc4)nc3cc1OC)O2)C(=O)NS(=O)(=O)C1CC1. The third-order valence-electron chi connectivity index (χ3n) is 11.3. The van der Waals surface area contributed by atoms with Crippen molar-refractivity contribution in [3.63, 3.8) is 0 Å². The fraction of sp³-hybridized carbons (Fsp3) is 0.465. The van der Waals surface area contributed by atoms with E-state index in [0.717, 1.165) is 11.1 Å². The molecule has 5 atom stereocenters. The van der Waals surface area contributed by atoms with Crippen molar-refractivity contribution in [3.05, 3.63) is 72.8 Å². The highest BCUT2D eigenvalue weighted by Crippen LogP contribution is 2.47. The fourth-order valence-corrected chi connectivity index (χ4v) is 9.16. The van der Waals surface area contributed by atoms with E-state index in [0.29, 0.717) is 60.2 Å². The Kier molecular flexibility index (Phi) is 11.3. The maximum Gasteiger partial charge on any atom is 0.407 e. The Morgan fingerprint density at radius 3 is 2.59 bits per heavy atom. The molecule has 2 aliphatic carbocycles. The second-order valence-corrected chi connectivity index (χ2v) is 18.6. The van der Waals surface area contributed by atoms with Gasteiger partial charge in [0.25, 0.3) is 5.91 Å². The molecule has 2 aliphatic heterocycles. The van der Waals surface area contributed by atoms with Crippen LogP contribution >= 0.6 is 0 Å². The van der Waals surface area contributed by atoms with E-state index in [1.165, 1.54) is 4.90 Å². The minimum atomic E-state index is -3.91. The van der Waals surface area contributed by atoms with Crippen molar-refractivity contribution < 1.29 is 41.8 Å². The first kappa shape index (κ1) is 40.7. The molecular formula is C43H51N5O9S.